The van der Waals surface area contributed by atoms with Crippen LogP contribution in [0.1, 0.15) is 20.8 Å². The molecule has 0 fully saturated rings. The summed E-state index contributed by atoms with van der Waals surface area (Å²) in [5.74, 6) is -5.15. The zero-order valence-corrected chi connectivity index (χ0v) is 18.3. The lowest BCUT2D eigenvalue weighted by Crippen LogP contribution is -2.43. The molecule has 1 atom stereocenters. The van der Waals surface area contributed by atoms with E-state index in [2.05, 4.69) is 13.1 Å². The molecule has 0 aromatic rings. The second-order valence-corrected chi connectivity index (χ2v) is 10.5. The van der Waals surface area contributed by atoms with Crippen molar-refractivity contribution in [2.75, 3.05) is 45.9 Å². The highest BCUT2D eigenvalue weighted by Crippen LogP contribution is 2.36. The minimum absolute atomic E-state index is 0.180. The zero-order valence-electron chi connectivity index (χ0n) is 16.6. The summed E-state index contributed by atoms with van der Waals surface area (Å²) < 4.78 is 135. The molecule has 9 nitrogen and oxygen atoms in total. The standard InChI is InChI=1S/C14H25F5O9S2/c1-11(2,6-27-29(4,20)21)5-25-7-12(3,9-28-30(22,23)24)8-26-10-13(15,16)14(17,18)19/h5-10H2,1-4H3,(H,22,23,24)/p-1. The van der Waals surface area contributed by atoms with Crippen LogP contribution in [0.25, 0.3) is 0 Å². The fraction of sp³-hybridized carbons (Fsp3) is 1.00. The van der Waals surface area contributed by atoms with Crippen molar-refractivity contribution >= 4 is 20.5 Å². The SMILES string of the molecule is CC(C)(COCC(C)(COCC(F)(F)C(F)(F)F)COS(=O)(=O)[O-])COS(C)(=O)=O. The Bertz CT molecular complexity index is 750. The minimum atomic E-state index is -5.85. The number of rotatable bonds is 14. The Morgan fingerprint density at radius 2 is 1.20 bits per heavy atom. The van der Waals surface area contributed by atoms with E-state index in [4.69, 9.17) is 4.74 Å². The van der Waals surface area contributed by atoms with Crippen LogP contribution in [0.3, 0.4) is 0 Å². The van der Waals surface area contributed by atoms with Gasteiger partial charge in [-0.25, -0.2) is 8.42 Å². The first-order valence-electron chi connectivity index (χ1n) is 8.12. The highest BCUT2D eigenvalue weighted by atomic mass is 32.3. The quantitative estimate of drug-likeness (QED) is 0.153. The summed E-state index contributed by atoms with van der Waals surface area (Å²) in [5.41, 5.74) is -2.48. The van der Waals surface area contributed by atoms with Crippen LogP contribution in [0.5, 0.6) is 0 Å². The summed E-state index contributed by atoms with van der Waals surface area (Å²) in [6, 6.07) is 0. The summed E-state index contributed by atoms with van der Waals surface area (Å²) >= 11 is 0. The highest BCUT2D eigenvalue weighted by Gasteiger charge is 2.57. The Balaban J connectivity index is 4.98. The molecule has 30 heavy (non-hydrogen) atoms. The second kappa shape index (κ2) is 10.3. The Kier molecular flexibility index (Phi) is 10.1. The Morgan fingerprint density at radius 3 is 1.60 bits per heavy atom. The van der Waals surface area contributed by atoms with Crippen molar-refractivity contribution in [3.63, 3.8) is 0 Å². The zero-order chi connectivity index (χ0) is 24.1. The predicted octanol–water partition coefficient (Wildman–Crippen LogP) is 1.70. The molecule has 182 valence electrons. The van der Waals surface area contributed by atoms with Crippen LogP contribution in [-0.2, 0) is 38.4 Å². The lowest BCUT2D eigenvalue weighted by atomic mass is 9.93. The highest BCUT2D eigenvalue weighted by molar-refractivity contribution is 7.86. The summed E-state index contributed by atoms with van der Waals surface area (Å²) in [7, 11) is -8.92. The van der Waals surface area contributed by atoms with E-state index in [1.54, 1.807) is 13.8 Å². The molecule has 0 N–H and O–H groups in total. The van der Waals surface area contributed by atoms with Gasteiger partial charge in [0.15, 0.2) is 0 Å². The lowest BCUT2D eigenvalue weighted by Gasteiger charge is -2.32. The van der Waals surface area contributed by atoms with Crippen LogP contribution in [0, 0.1) is 10.8 Å². The molecule has 16 heteroatoms. The summed E-state index contributed by atoms with van der Waals surface area (Å²) in [6.07, 6.45) is -5.02. The average Bonchev–Trinajstić information content (AvgIpc) is 2.49. The maximum absolute atomic E-state index is 12.9. The summed E-state index contributed by atoms with van der Waals surface area (Å²) in [6.45, 7) is -0.506. The monoisotopic (exact) mass is 495 g/mol. The van der Waals surface area contributed by atoms with E-state index < -0.39 is 69.9 Å². The van der Waals surface area contributed by atoms with Gasteiger partial charge in [0.05, 0.1) is 39.3 Å². The lowest BCUT2D eigenvalue weighted by molar-refractivity contribution is -0.298. The summed E-state index contributed by atoms with van der Waals surface area (Å²) in [5, 5.41) is 0. The number of hydrogen-bond donors (Lipinski definition) is 0. The average molecular weight is 495 g/mol. The van der Waals surface area contributed by atoms with Gasteiger partial charge in [-0.05, 0) is 0 Å². The van der Waals surface area contributed by atoms with Crippen molar-refractivity contribution in [1.29, 1.82) is 0 Å². The molecule has 0 aliphatic heterocycles. The van der Waals surface area contributed by atoms with Crippen molar-refractivity contribution in [3.8, 4) is 0 Å². The number of halogens is 5. The van der Waals surface area contributed by atoms with Gasteiger partial charge < -0.3 is 14.0 Å². The fourth-order valence-electron chi connectivity index (χ4n) is 1.73. The second-order valence-electron chi connectivity index (χ2n) is 7.80. The number of ether oxygens (including phenoxy) is 2. The van der Waals surface area contributed by atoms with Crippen molar-refractivity contribution < 1.29 is 61.2 Å². The Labute approximate surface area is 171 Å². The van der Waals surface area contributed by atoms with E-state index in [9.17, 15) is 43.3 Å². The summed E-state index contributed by atoms with van der Waals surface area (Å²) in [4.78, 5) is 0. The van der Waals surface area contributed by atoms with Gasteiger partial charge in [-0.3, -0.25) is 8.37 Å². The molecular formula is C14H24F5O9S2-. The van der Waals surface area contributed by atoms with Gasteiger partial charge in [0, 0.05) is 10.8 Å². The topological polar surface area (TPSA) is 128 Å². The van der Waals surface area contributed by atoms with Gasteiger partial charge in [0.25, 0.3) is 10.1 Å². The Hall–Kier alpha value is -0.650. The maximum Gasteiger partial charge on any atom is 0.455 e. The predicted molar refractivity (Wildman–Crippen MR) is 91.0 cm³/mol. The van der Waals surface area contributed by atoms with Gasteiger partial charge >= 0.3 is 12.1 Å². The van der Waals surface area contributed by atoms with Crippen LogP contribution < -0.4 is 0 Å². The van der Waals surface area contributed by atoms with E-state index in [-0.39, 0.29) is 13.2 Å². The van der Waals surface area contributed by atoms with Crippen molar-refractivity contribution in [2.45, 2.75) is 32.9 Å². The smallest absolute Gasteiger partial charge is 0.455 e. The van der Waals surface area contributed by atoms with Crippen LogP contribution in [0.15, 0.2) is 0 Å². The van der Waals surface area contributed by atoms with Crippen LogP contribution in [-0.4, -0.2) is 79.4 Å². The third-order valence-corrected chi connectivity index (χ3v) is 4.26. The van der Waals surface area contributed by atoms with Crippen molar-refractivity contribution in [2.24, 2.45) is 10.8 Å². The molecule has 0 rings (SSSR count). The van der Waals surface area contributed by atoms with Gasteiger partial charge in [-0.15, -0.1) is 0 Å². The molecule has 0 aliphatic rings. The molecule has 0 aromatic heterocycles. The van der Waals surface area contributed by atoms with Crippen LogP contribution >= 0.6 is 0 Å². The molecule has 1 unspecified atom stereocenters. The Morgan fingerprint density at radius 1 is 0.733 bits per heavy atom. The van der Waals surface area contributed by atoms with Gasteiger partial charge in [0.1, 0.15) is 6.61 Å². The number of hydrogen-bond acceptors (Lipinski definition) is 9. The maximum atomic E-state index is 12.9. The first-order valence-corrected chi connectivity index (χ1v) is 11.3. The van der Waals surface area contributed by atoms with E-state index in [1.165, 1.54) is 6.92 Å². The third-order valence-electron chi connectivity index (χ3n) is 3.31. The normalized spacial score (nSPS) is 16.5. The molecular weight excluding hydrogens is 471 g/mol. The van der Waals surface area contributed by atoms with E-state index in [0.717, 1.165) is 6.26 Å². The third kappa shape index (κ3) is 12.9. The van der Waals surface area contributed by atoms with Crippen LogP contribution in [0.2, 0.25) is 0 Å². The van der Waals surface area contributed by atoms with Crippen molar-refractivity contribution in [1.82, 2.24) is 0 Å². The number of alkyl halides is 5. The fourth-order valence-corrected chi connectivity index (χ4v) is 2.69. The molecule has 0 amide bonds. The van der Waals surface area contributed by atoms with E-state index >= 15 is 0 Å². The molecule has 0 radical (unpaired) electrons. The minimum Gasteiger partial charge on any atom is -0.726 e. The first-order chi connectivity index (χ1) is 13.1. The van der Waals surface area contributed by atoms with Crippen molar-refractivity contribution in [3.05, 3.63) is 0 Å². The molecule has 0 bridgehead atoms. The largest absolute Gasteiger partial charge is 0.726 e. The molecule has 0 saturated heterocycles. The molecule has 0 aromatic carbocycles. The molecule has 0 heterocycles. The van der Waals surface area contributed by atoms with Crippen LogP contribution in [0.4, 0.5) is 22.0 Å². The van der Waals surface area contributed by atoms with Gasteiger partial charge in [-0.2, -0.15) is 30.4 Å². The van der Waals surface area contributed by atoms with Gasteiger partial charge in [0.2, 0.25) is 10.4 Å². The van der Waals surface area contributed by atoms with Gasteiger partial charge in [-0.1, -0.05) is 20.8 Å². The molecule has 0 saturated carbocycles. The van der Waals surface area contributed by atoms with E-state index in [1.807, 2.05) is 0 Å². The van der Waals surface area contributed by atoms with E-state index in [0.29, 0.717) is 0 Å². The molecule has 0 spiro atoms. The molecule has 0 aliphatic carbocycles. The first kappa shape index (κ1) is 29.4.